The lowest BCUT2D eigenvalue weighted by Gasteiger charge is -2.13. The molecule has 0 spiro atoms. The summed E-state index contributed by atoms with van der Waals surface area (Å²) in [5.41, 5.74) is 1.57. The van der Waals surface area contributed by atoms with Crippen molar-refractivity contribution in [2.75, 3.05) is 14.1 Å². The highest BCUT2D eigenvalue weighted by atomic mass is 127. The summed E-state index contributed by atoms with van der Waals surface area (Å²) in [5, 5.41) is 8.72. The number of carbonyl (C=O) groups is 1. The Bertz CT molecular complexity index is 790. The van der Waals surface area contributed by atoms with E-state index in [9.17, 15) is 18.0 Å². The number of rotatable bonds is 5. The maximum atomic E-state index is 12.6. The summed E-state index contributed by atoms with van der Waals surface area (Å²) in [6, 6.07) is 12.1. The van der Waals surface area contributed by atoms with Crippen LogP contribution in [-0.4, -0.2) is 26.0 Å². The van der Waals surface area contributed by atoms with E-state index in [1.807, 2.05) is 12.1 Å². The second kappa shape index (κ2) is 10.9. The third-order valence-corrected chi connectivity index (χ3v) is 3.87. The average Bonchev–Trinajstić information content (AvgIpc) is 2.67. The van der Waals surface area contributed by atoms with E-state index in [2.05, 4.69) is 20.9 Å². The lowest BCUT2D eigenvalue weighted by atomic mass is 10.1. The molecule has 0 saturated carbocycles. The van der Waals surface area contributed by atoms with Gasteiger partial charge in [0.15, 0.2) is 5.96 Å². The summed E-state index contributed by atoms with van der Waals surface area (Å²) in [6.07, 6.45) is -4.34. The summed E-state index contributed by atoms with van der Waals surface area (Å²) in [7, 11) is 3.18. The van der Waals surface area contributed by atoms with Gasteiger partial charge in [0.05, 0.1) is 5.56 Å². The Balaban J connectivity index is 0.00000392. The maximum Gasteiger partial charge on any atom is 0.416 e. The molecule has 5 nitrogen and oxygen atoms in total. The Morgan fingerprint density at radius 2 is 1.39 bits per heavy atom. The molecule has 152 valence electrons. The highest BCUT2D eigenvalue weighted by molar-refractivity contribution is 14.0. The zero-order valence-electron chi connectivity index (χ0n) is 15.4. The number of guanidine groups is 1. The molecule has 0 aliphatic rings. The molecule has 2 rings (SSSR count). The lowest BCUT2D eigenvalue weighted by Crippen LogP contribution is -2.36. The molecule has 0 heterocycles. The van der Waals surface area contributed by atoms with Gasteiger partial charge in [-0.15, -0.1) is 24.0 Å². The van der Waals surface area contributed by atoms with Gasteiger partial charge in [-0.05, 0) is 35.4 Å². The quantitative estimate of drug-likeness (QED) is 0.330. The van der Waals surface area contributed by atoms with Crippen LogP contribution in [0.15, 0.2) is 53.5 Å². The van der Waals surface area contributed by atoms with Gasteiger partial charge in [-0.3, -0.25) is 9.79 Å². The Morgan fingerprint density at radius 3 is 1.79 bits per heavy atom. The molecule has 0 unspecified atom stereocenters. The van der Waals surface area contributed by atoms with Gasteiger partial charge < -0.3 is 16.0 Å². The van der Waals surface area contributed by atoms with Gasteiger partial charge in [-0.2, -0.15) is 13.2 Å². The van der Waals surface area contributed by atoms with Crippen molar-refractivity contribution in [1.82, 2.24) is 16.0 Å². The molecule has 0 saturated heterocycles. The molecule has 0 bridgehead atoms. The first kappa shape index (κ1) is 23.7. The van der Waals surface area contributed by atoms with Crippen molar-refractivity contribution in [1.29, 1.82) is 0 Å². The smallest absolute Gasteiger partial charge is 0.355 e. The number of aliphatic imine (C=N–C) groups is 1. The molecule has 2 aromatic carbocycles. The molecule has 2 aromatic rings. The molecule has 28 heavy (non-hydrogen) atoms. The molecule has 0 aliphatic heterocycles. The molecular weight excluding hydrogens is 484 g/mol. The summed E-state index contributed by atoms with van der Waals surface area (Å²) in [4.78, 5) is 15.6. The van der Waals surface area contributed by atoms with Gasteiger partial charge in [0.2, 0.25) is 0 Å². The van der Waals surface area contributed by atoms with E-state index in [0.717, 1.165) is 17.7 Å². The lowest BCUT2D eigenvalue weighted by molar-refractivity contribution is -0.137. The molecule has 0 aromatic heterocycles. The number of amides is 1. The van der Waals surface area contributed by atoms with E-state index in [-0.39, 0.29) is 29.9 Å². The maximum absolute atomic E-state index is 12.6. The van der Waals surface area contributed by atoms with Crippen LogP contribution in [0.3, 0.4) is 0 Å². The van der Waals surface area contributed by atoms with Crippen LogP contribution < -0.4 is 16.0 Å². The molecule has 1 amide bonds. The van der Waals surface area contributed by atoms with Gasteiger partial charge in [0, 0.05) is 32.7 Å². The number of carbonyl (C=O) groups excluding carboxylic acids is 1. The first-order chi connectivity index (χ1) is 12.8. The minimum Gasteiger partial charge on any atom is -0.355 e. The summed E-state index contributed by atoms with van der Waals surface area (Å²) in [5.74, 6) is 0.369. The molecule has 0 fully saturated rings. The molecule has 0 radical (unpaired) electrons. The standard InChI is InChI=1S/C19H21F3N4O.HI/c1-23-17(27)15-7-3-13(4-8-15)11-25-18(24-2)26-12-14-5-9-16(10-6-14)19(20,21)22;/h3-10H,11-12H2,1-2H3,(H,23,27)(H2,24,25,26);1H. The van der Waals surface area contributed by atoms with Gasteiger partial charge in [0.1, 0.15) is 0 Å². The number of halogens is 4. The monoisotopic (exact) mass is 506 g/mol. The van der Waals surface area contributed by atoms with Gasteiger partial charge in [-0.1, -0.05) is 24.3 Å². The Kier molecular flexibility index (Phi) is 9.23. The van der Waals surface area contributed by atoms with Crippen molar-refractivity contribution in [3.8, 4) is 0 Å². The molecule has 9 heteroatoms. The largest absolute Gasteiger partial charge is 0.416 e. The molecule has 3 N–H and O–H groups in total. The van der Waals surface area contributed by atoms with E-state index in [0.29, 0.717) is 30.2 Å². The van der Waals surface area contributed by atoms with E-state index in [4.69, 9.17) is 0 Å². The number of hydrogen-bond donors (Lipinski definition) is 3. The Hall–Kier alpha value is -2.30. The highest BCUT2D eigenvalue weighted by Crippen LogP contribution is 2.29. The van der Waals surface area contributed by atoms with Gasteiger partial charge in [0.25, 0.3) is 5.91 Å². The van der Waals surface area contributed by atoms with Gasteiger partial charge in [-0.25, -0.2) is 0 Å². The normalized spacial score (nSPS) is 11.4. The van der Waals surface area contributed by atoms with Crippen molar-refractivity contribution < 1.29 is 18.0 Å². The summed E-state index contributed by atoms with van der Waals surface area (Å²) >= 11 is 0. The predicted octanol–water partition coefficient (Wildman–Crippen LogP) is 3.55. The van der Waals surface area contributed by atoms with Crippen molar-refractivity contribution in [3.63, 3.8) is 0 Å². The Labute approximate surface area is 178 Å². The van der Waals surface area contributed by atoms with Crippen LogP contribution >= 0.6 is 24.0 Å². The van der Waals surface area contributed by atoms with Crippen LogP contribution in [0.4, 0.5) is 13.2 Å². The molecule has 0 aliphatic carbocycles. The second-order valence-electron chi connectivity index (χ2n) is 5.75. The predicted molar refractivity (Wildman–Crippen MR) is 114 cm³/mol. The molecule has 0 atom stereocenters. The van der Waals surface area contributed by atoms with Crippen LogP contribution in [-0.2, 0) is 19.3 Å². The number of nitrogens with zero attached hydrogens (tertiary/aromatic N) is 1. The zero-order chi connectivity index (χ0) is 19.9. The van der Waals surface area contributed by atoms with Crippen LogP contribution in [0.5, 0.6) is 0 Å². The van der Waals surface area contributed by atoms with Crippen LogP contribution in [0.2, 0.25) is 0 Å². The highest BCUT2D eigenvalue weighted by Gasteiger charge is 2.29. The van der Waals surface area contributed by atoms with Crippen LogP contribution in [0, 0.1) is 0 Å². The third kappa shape index (κ3) is 7.02. The van der Waals surface area contributed by atoms with E-state index < -0.39 is 11.7 Å². The van der Waals surface area contributed by atoms with Gasteiger partial charge >= 0.3 is 6.18 Å². The summed E-state index contributed by atoms with van der Waals surface area (Å²) < 4.78 is 37.7. The fourth-order valence-corrected chi connectivity index (χ4v) is 2.32. The Morgan fingerprint density at radius 1 is 0.929 bits per heavy atom. The zero-order valence-corrected chi connectivity index (χ0v) is 17.8. The first-order valence-electron chi connectivity index (χ1n) is 8.25. The van der Waals surface area contributed by atoms with Crippen molar-refractivity contribution in [2.45, 2.75) is 19.3 Å². The number of nitrogens with one attached hydrogen (secondary N) is 3. The minimum atomic E-state index is -4.34. The van der Waals surface area contributed by atoms with E-state index in [1.54, 1.807) is 26.2 Å². The minimum absolute atomic E-state index is 0. The van der Waals surface area contributed by atoms with Crippen molar-refractivity contribution in [2.24, 2.45) is 4.99 Å². The van der Waals surface area contributed by atoms with Crippen molar-refractivity contribution >= 4 is 35.8 Å². The number of hydrogen-bond acceptors (Lipinski definition) is 2. The fourth-order valence-electron chi connectivity index (χ4n) is 2.32. The first-order valence-corrected chi connectivity index (χ1v) is 8.25. The second-order valence-corrected chi connectivity index (χ2v) is 5.75. The van der Waals surface area contributed by atoms with E-state index in [1.165, 1.54) is 12.1 Å². The topological polar surface area (TPSA) is 65.5 Å². The number of alkyl halides is 3. The SMILES string of the molecule is CN=C(NCc1ccc(C(=O)NC)cc1)NCc1ccc(C(F)(F)F)cc1.I. The van der Waals surface area contributed by atoms with Crippen molar-refractivity contribution in [3.05, 3.63) is 70.8 Å². The molecular formula is C19H22F3IN4O. The number of benzene rings is 2. The third-order valence-electron chi connectivity index (χ3n) is 3.87. The van der Waals surface area contributed by atoms with E-state index >= 15 is 0 Å². The summed E-state index contributed by atoms with van der Waals surface area (Å²) in [6.45, 7) is 0.828. The fraction of sp³-hybridized carbons (Fsp3) is 0.263. The van der Waals surface area contributed by atoms with Crippen LogP contribution in [0.25, 0.3) is 0 Å². The van der Waals surface area contributed by atoms with Crippen LogP contribution in [0.1, 0.15) is 27.0 Å². The average molecular weight is 506 g/mol.